The zero-order valence-electron chi connectivity index (χ0n) is 14.1. The van der Waals surface area contributed by atoms with Gasteiger partial charge in [0.05, 0.1) is 28.6 Å². The van der Waals surface area contributed by atoms with Gasteiger partial charge in [0, 0.05) is 21.6 Å². The summed E-state index contributed by atoms with van der Waals surface area (Å²) in [6, 6.07) is 10.9. The van der Waals surface area contributed by atoms with Gasteiger partial charge in [-0.2, -0.15) is 5.26 Å². The highest BCUT2D eigenvalue weighted by Gasteiger charge is 2.25. The standard InChI is InChI=1S/C19H16BrN3O2/c1-19(2,3)25-18(24)16-13-6-4-11(9-21)8-15(13)23-17(16)14-7-5-12(20)10-22-14/h4-8,10,23H,1-3H3. The normalized spacial score (nSPS) is 11.3. The molecule has 2 aromatic heterocycles. The van der Waals surface area contributed by atoms with Crippen molar-refractivity contribution in [1.29, 1.82) is 5.26 Å². The van der Waals surface area contributed by atoms with Crippen LogP contribution in [-0.2, 0) is 4.74 Å². The molecule has 0 radical (unpaired) electrons. The molecule has 0 saturated heterocycles. The second-order valence-electron chi connectivity index (χ2n) is 6.61. The Morgan fingerprint density at radius 2 is 2.04 bits per heavy atom. The number of benzene rings is 1. The number of nitrogens with one attached hydrogen (secondary N) is 1. The molecule has 1 N–H and O–H groups in total. The molecule has 0 atom stereocenters. The zero-order valence-corrected chi connectivity index (χ0v) is 15.6. The Morgan fingerprint density at radius 3 is 2.64 bits per heavy atom. The molecule has 25 heavy (non-hydrogen) atoms. The summed E-state index contributed by atoms with van der Waals surface area (Å²) in [7, 11) is 0. The third kappa shape index (κ3) is 3.57. The van der Waals surface area contributed by atoms with Crippen LogP contribution in [-0.4, -0.2) is 21.5 Å². The van der Waals surface area contributed by atoms with E-state index in [4.69, 9.17) is 10.00 Å². The Bertz CT molecular complexity index is 992. The third-order valence-electron chi connectivity index (χ3n) is 3.51. The lowest BCUT2D eigenvalue weighted by atomic mass is 10.1. The third-order valence-corrected chi connectivity index (χ3v) is 3.98. The maximum Gasteiger partial charge on any atom is 0.341 e. The number of carbonyl (C=O) groups is 1. The van der Waals surface area contributed by atoms with E-state index in [2.05, 4.69) is 32.0 Å². The zero-order chi connectivity index (χ0) is 18.2. The van der Waals surface area contributed by atoms with E-state index in [1.165, 1.54) is 0 Å². The number of ether oxygens (including phenoxy) is 1. The Balaban J connectivity index is 2.23. The van der Waals surface area contributed by atoms with Crippen LogP contribution in [0.4, 0.5) is 0 Å². The van der Waals surface area contributed by atoms with Crippen LogP contribution in [0.1, 0.15) is 36.7 Å². The molecule has 0 saturated carbocycles. The smallest absolute Gasteiger partial charge is 0.341 e. The minimum atomic E-state index is -0.613. The van der Waals surface area contributed by atoms with Crippen molar-refractivity contribution in [1.82, 2.24) is 9.97 Å². The van der Waals surface area contributed by atoms with Gasteiger partial charge in [-0.1, -0.05) is 6.07 Å². The molecule has 2 heterocycles. The molecule has 6 heteroatoms. The number of nitriles is 1. The SMILES string of the molecule is CC(C)(C)OC(=O)c1c(-c2ccc(Br)cn2)[nH]c2cc(C#N)ccc12. The maximum atomic E-state index is 12.8. The van der Waals surface area contributed by atoms with Gasteiger partial charge in [0.2, 0.25) is 0 Å². The first kappa shape index (κ1) is 17.2. The maximum absolute atomic E-state index is 12.8. The molecule has 3 aromatic rings. The average Bonchev–Trinajstić information content (AvgIpc) is 2.92. The number of nitrogens with zero attached hydrogens (tertiary/aromatic N) is 2. The first-order valence-electron chi connectivity index (χ1n) is 7.69. The van der Waals surface area contributed by atoms with Crippen molar-refractivity contribution in [2.45, 2.75) is 26.4 Å². The average molecular weight is 398 g/mol. The Labute approximate surface area is 153 Å². The first-order chi connectivity index (χ1) is 11.8. The summed E-state index contributed by atoms with van der Waals surface area (Å²) in [5.41, 5.74) is 2.21. The van der Waals surface area contributed by atoms with E-state index in [9.17, 15) is 4.79 Å². The van der Waals surface area contributed by atoms with E-state index in [-0.39, 0.29) is 0 Å². The summed E-state index contributed by atoms with van der Waals surface area (Å²) in [5, 5.41) is 9.81. The highest BCUT2D eigenvalue weighted by molar-refractivity contribution is 9.10. The summed E-state index contributed by atoms with van der Waals surface area (Å²) >= 11 is 3.36. The van der Waals surface area contributed by atoms with Gasteiger partial charge >= 0.3 is 5.97 Å². The topological polar surface area (TPSA) is 78.8 Å². The lowest BCUT2D eigenvalue weighted by Gasteiger charge is -2.19. The van der Waals surface area contributed by atoms with Crippen molar-refractivity contribution in [2.24, 2.45) is 0 Å². The van der Waals surface area contributed by atoms with E-state index >= 15 is 0 Å². The predicted molar refractivity (Wildman–Crippen MR) is 99.1 cm³/mol. The number of aromatic amines is 1. The molecule has 0 fully saturated rings. The molecule has 0 amide bonds. The lowest BCUT2D eigenvalue weighted by Crippen LogP contribution is -2.24. The predicted octanol–water partition coefficient (Wildman–Crippen LogP) is 4.82. The van der Waals surface area contributed by atoms with Crippen molar-refractivity contribution < 1.29 is 9.53 Å². The highest BCUT2D eigenvalue weighted by Crippen LogP contribution is 2.32. The van der Waals surface area contributed by atoms with Gasteiger partial charge in [-0.15, -0.1) is 0 Å². The number of halogens is 1. The van der Waals surface area contributed by atoms with Crippen LogP contribution in [0, 0.1) is 11.3 Å². The molecule has 0 bridgehead atoms. The summed E-state index contributed by atoms with van der Waals surface area (Å²) in [6.45, 7) is 5.47. The highest BCUT2D eigenvalue weighted by atomic mass is 79.9. The number of rotatable bonds is 2. The van der Waals surface area contributed by atoms with Gasteiger partial charge in [0.15, 0.2) is 0 Å². The minimum absolute atomic E-state index is 0.421. The molecule has 0 unspecified atom stereocenters. The van der Waals surface area contributed by atoms with Crippen molar-refractivity contribution in [2.75, 3.05) is 0 Å². The summed E-state index contributed by atoms with van der Waals surface area (Å²) in [6.07, 6.45) is 1.67. The van der Waals surface area contributed by atoms with Crippen LogP contribution >= 0.6 is 15.9 Å². The monoisotopic (exact) mass is 397 g/mol. The quantitative estimate of drug-likeness (QED) is 0.628. The summed E-state index contributed by atoms with van der Waals surface area (Å²) in [5.74, 6) is -0.428. The van der Waals surface area contributed by atoms with Gasteiger partial charge in [-0.05, 0) is 61.0 Å². The van der Waals surface area contributed by atoms with Crippen molar-refractivity contribution in [3.63, 3.8) is 0 Å². The van der Waals surface area contributed by atoms with Gasteiger partial charge in [-0.3, -0.25) is 4.98 Å². The Hall–Kier alpha value is -2.65. The lowest BCUT2D eigenvalue weighted by molar-refractivity contribution is 0.00728. The molecule has 126 valence electrons. The van der Waals surface area contributed by atoms with Crippen LogP contribution in [0.25, 0.3) is 22.3 Å². The minimum Gasteiger partial charge on any atom is -0.456 e. The van der Waals surface area contributed by atoms with E-state index in [1.807, 2.05) is 32.9 Å². The number of carbonyl (C=O) groups excluding carboxylic acids is 1. The number of esters is 1. The molecule has 0 aliphatic heterocycles. The van der Waals surface area contributed by atoms with E-state index in [0.29, 0.717) is 33.4 Å². The van der Waals surface area contributed by atoms with Crippen LogP contribution < -0.4 is 0 Å². The second kappa shape index (κ2) is 6.34. The number of aromatic nitrogens is 2. The first-order valence-corrected chi connectivity index (χ1v) is 8.49. The van der Waals surface area contributed by atoms with Crippen LogP contribution in [0.5, 0.6) is 0 Å². The Kier molecular flexibility index (Phi) is 4.36. The largest absolute Gasteiger partial charge is 0.456 e. The summed E-state index contributed by atoms with van der Waals surface area (Å²) < 4.78 is 6.42. The number of pyridine rings is 1. The molecule has 5 nitrogen and oxygen atoms in total. The number of fused-ring (bicyclic) bond motifs is 1. The molecule has 1 aromatic carbocycles. The molecule has 0 aliphatic rings. The molecule has 3 rings (SSSR count). The fourth-order valence-corrected chi connectivity index (χ4v) is 2.76. The molecular weight excluding hydrogens is 382 g/mol. The van der Waals surface area contributed by atoms with Crippen LogP contribution in [0.15, 0.2) is 41.0 Å². The van der Waals surface area contributed by atoms with Crippen LogP contribution in [0.3, 0.4) is 0 Å². The van der Waals surface area contributed by atoms with Crippen molar-refractivity contribution >= 4 is 32.8 Å². The van der Waals surface area contributed by atoms with E-state index < -0.39 is 11.6 Å². The fraction of sp³-hybridized carbons (Fsp3) is 0.211. The van der Waals surface area contributed by atoms with Gasteiger partial charge in [-0.25, -0.2) is 4.79 Å². The summed E-state index contributed by atoms with van der Waals surface area (Å²) in [4.78, 5) is 20.4. The number of hydrogen-bond acceptors (Lipinski definition) is 4. The second-order valence-corrected chi connectivity index (χ2v) is 7.53. The van der Waals surface area contributed by atoms with Gasteiger partial charge in [0.25, 0.3) is 0 Å². The number of H-pyrrole nitrogens is 1. The molecular formula is C19H16BrN3O2. The fourth-order valence-electron chi connectivity index (χ4n) is 2.52. The van der Waals surface area contributed by atoms with Gasteiger partial charge < -0.3 is 9.72 Å². The molecule has 0 spiro atoms. The Morgan fingerprint density at radius 1 is 1.28 bits per heavy atom. The van der Waals surface area contributed by atoms with Crippen molar-refractivity contribution in [3.8, 4) is 17.5 Å². The van der Waals surface area contributed by atoms with E-state index in [0.717, 1.165) is 4.47 Å². The van der Waals surface area contributed by atoms with Crippen molar-refractivity contribution in [3.05, 3.63) is 52.1 Å². The number of hydrogen-bond donors (Lipinski definition) is 1. The van der Waals surface area contributed by atoms with Gasteiger partial charge in [0.1, 0.15) is 5.60 Å². The van der Waals surface area contributed by atoms with E-state index in [1.54, 1.807) is 24.4 Å². The van der Waals surface area contributed by atoms with Crippen LogP contribution in [0.2, 0.25) is 0 Å². The molecule has 0 aliphatic carbocycles.